The van der Waals surface area contributed by atoms with Crippen molar-refractivity contribution < 1.29 is 9.90 Å². The summed E-state index contributed by atoms with van der Waals surface area (Å²) >= 11 is 1.63. The molecule has 1 atom stereocenters. The van der Waals surface area contributed by atoms with Gasteiger partial charge in [-0.25, -0.2) is 0 Å². The fourth-order valence-electron chi connectivity index (χ4n) is 2.34. The molecule has 5 heteroatoms. The first-order chi connectivity index (χ1) is 10.0. The smallest absolute Gasteiger partial charge is 0.253 e. The highest BCUT2D eigenvalue weighted by Crippen LogP contribution is 2.27. The van der Waals surface area contributed by atoms with Crippen LogP contribution in [0.25, 0.3) is 0 Å². The van der Waals surface area contributed by atoms with Gasteiger partial charge in [-0.1, -0.05) is 31.2 Å². The summed E-state index contributed by atoms with van der Waals surface area (Å²) in [6, 6.07) is 8.22. The molecule has 1 aliphatic rings. The molecule has 116 valence electrons. The molecule has 0 aliphatic carbocycles. The number of amides is 1. The maximum absolute atomic E-state index is 12.1. The Hall–Kier alpha value is -1.04. The van der Waals surface area contributed by atoms with Gasteiger partial charge >= 0.3 is 0 Å². The number of carbonyl (C=O) groups excluding carboxylic acids is 1. The molecule has 1 unspecified atom stereocenters. The predicted molar refractivity (Wildman–Crippen MR) is 87.2 cm³/mol. The number of benzene rings is 1. The maximum atomic E-state index is 12.1. The van der Waals surface area contributed by atoms with Gasteiger partial charge in [0.15, 0.2) is 5.60 Å². The SMILES string of the molecule is CCN(C)Cc1cccc(CNC(=O)C2(O)CCSC2)c1. The Morgan fingerprint density at radius 1 is 1.48 bits per heavy atom. The summed E-state index contributed by atoms with van der Waals surface area (Å²) in [6.45, 7) is 4.50. The monoisotopic (exact) mass is 308 g/mol. The number of thioether (sulfide) groups is 1. The third kappa shape index (κ3) is 4.46. The van der Waals surface area contributed by atoms with Gasteiger partial charge in [-0.15, -0.1) is 0 Å². The van der Waals surface area contributed by atoms with Crippen LogP contribution in [0.1, 0.15) is 24.5 Å². The van der Waals surface area contributed by atoms with E-state index in [1.807, 2.05) is 12.1 Å². The molecule has 0 saturated carbocycles. The van der Waals surface area contributed by atoms with Crippen LogP contribution >= 0.6 is 11.8 Å². The van der Waals surface area contributed by atoms with E-state index in [4.69, 9.17) is 0 Å². The van der Waals surface area contributed by atoms with E-state index in [1.54, 1.807) is 11.8 Å². The summed E-state index contributed by atoms with van der Waals surface area (Å²) < 4.78 is 0. The summed E-state index contributed by atoms with van der Waals surface area (Å²) in [6.07, 6.45) is 0.546. The van der Waals surface area contributed by atoms with Crippen LogP contribution in [0.3, 0.4) is 0 Å². The molecule has 2 N–H and O–H groups in total. The predicted octanol–water partition coefficient (Wildman–Crippen LogP) is 1.62. The standard InChI is InChI=1S/C16H24N2O2S/c1-3-18(2)11-14-6-4-5-13(9-14)10-17-15(19)16(20)7-8-21-12-16/h4-6,9,20H,3,7-8,10-12H2,1-2H3,(H,17,19). The Labute approximate surface area is 130 Å². The summed E-state index contributed by atoms with van der Waals surface area (Å²) in [7, 11) is 2.09. The summed E-state index contributed by atoms with van der Waals surface area (Å²) in [4.78, 5) is 14.3. The Bertz CT molecular complexity index is 487. The molecule has 0 radical (unpaired) electrons. The number of hydrogen-bond donors (Lipinski definition) is 2. The van der Waals surface area contributed by atoms with Crippen LogP contribution in [0.15, 0.2) is 24.3 Å². The first-order valence-corrected chi connectivity index (χ1v) is 8.54. The van der Waals surface area contributed by atoms with Crippen LogP contribution < -0.4 is 5.32 Å². The Balaban J connectivity index is 1.91. The molecule has 1 aromatic rings. The van der Waals surface area contributed by atoms with E-state index in [0.717, 1.165) is 24.4 Å². The van der Waals surface area contributed by atoms with Crippen molar-refractivity contribution in [3.8, 4) is 0 Å². The van der Waals surface area contributed by atoms with Gasteiger partial charge in [-0.2, -0.15) is 11.8 Å². The van der Waals surface area contributed by atoms with E-state index in [2.05, 4.69) is 36.3 Å². The van der Waals surface area contributed by atoms with Crippen molar-refractivity contribution in [2.24, 2.45) is 0 Å². The van der Waals surface area contributed by atoms with Gasteiger partial charge in [-0.05, 0) is 36.9 Å². The molecule has 4 nitrogen and oxygen atoms in total. The molecule has 1 saturated heterocycles. The highest BCUT2D eigenvalue weighted by Gasteiger charge is 2.39. The minimum absolute atomic E-state index is 0.247. The van der Waals surface area contributed by atoms with Crippen molar-refractivity contribution in [1.82, 2.24) is 10.2 Å². The van der Waals surface area contributed by atoms with Gasteiger partial charge in [-0.3, -0.25) is 4.79 Å². The van der Waals surface area contributed by atoms with Crippen LogP contribution in [-0.4, -0.2) is 46.6 Å². The summed E-state index contributed by atoms with van der Waals surface area (Å²) in [5, 5.41) is 13.1. The topological polar surface area (TPSA) is 52.6 Å². The lowest BCUT2D eigenvalue weighted by Crippen LogP contribution is -2.46. The molecule has 0 bridgehead atoms. The van der Waals surface area contributed by atoms with Gasteiger partial charge in [0.2, 0.25) is 0 Å². The van der Waals surface area contributed by atoms with E-state index in [0.29, 0.717) is 18.7 Å². The zero-order valence-electron chi connectivity index (χ0n) is 12.8. The average Bonchev–Trinajstić information content (AvgIpc) is 2.93. The zero-order valence-corrected chi connectivity index (χ0v) is 13.6. The average molecular weight is 308 g/mol. The quantitative estimate of drug-likeness (QED) is 0.838. The van der Waals surface area contributed by atoms with Crippen molar-refractivity contribution in [2.45, 2.75) is 32.0 Å². The van der Waals surface area contributed by atoms with Crippen LogP contribution in [0.5, 0.6) is 0 Å². The van der Waals surface area contributed by atoms with Gasteiger partial charge in [0.05, 0.1) is 0 Å². The molecule has 2 rings (SSSR count). The van der Waals surface area contributed by atoms with Crippen molar-refractivity contribution in [3.63, 3.8) is 0 Å². The molecule has 0 aromatic heterocycles. The lowest BCUT2D eigenvalue weighted by Gasteiger charge is -2.20. The fourth-order valence-corrected chi connectivity index (χ4v) is 3.58. The highest BCUT2D eigenvalue weighted by molar-refractivity contribution is 7.99. The van der Waals surface area contributed by atoms with Gasteiger partial charge in [0.25, 0.3) is 5.91 Å². The summed E-state index contributed by atoms with van der Waals surface area (Å²) in [5.74, 6) is 1.10. The van der Waals surface area contributed by atoms with Crippen LogP contribution in [-0.2, 0) is 17.9 Å². The van der Waals surface area contributed by atoms with Crippen molar-refractivity contribution in [1.29, 1.82) is 0 Å². The number of nitrogens with one attached hydrogen (secondary N) is 1. The van der Waals surface area contributed by atoms with E-state index < -0.39 is 5.60 Å². The van der Waals surface area contributed by atoms with E-state index in [-0.39, 0.29) is 5.91 Å². The Morgan fingerprint density at radius 3 is 2.90 bits per heavy atom. The number of carbonyl (C=O) groups is 1. The molecule has 1 amide bonds. The minimum Gasteiger partial charge on any atom is -0.379 e. The van der Waals surface area contributed by atoms with E-state index in [1.165, 1.54) is 5.56 Å². The molecule has 1 aliphatic heterocycles. The minimum atomic E-state index is -1.18. The van der Waals surface area contributed by atoms with E-state index >= 15 is 0 Å². The third-order valence-corrected chi connectivity index (χ3v) is 5.03. The van der Waals surface area contributed by atoms with Gasteiger partial charge in [0, 0.05) is 18.8 Å². The van der Waals surface area contributed by atoms with Crippen LogP contribution in [0.4, 0.5) is 0 Å². The highest BCUT2D eigenvalue weighted by atomic mass is 32.2. The van der Waals surface area contributed by atoms with Crippen LogP contribution in [0, 0.1) is 0 Å². The van der Waals surface area contributed by atoms with Crippen LogP contribution in [0.2, 0.25) is 0 Å². The maximum Gasteiger partial charge on any atom is 0.253 e. The largest absolute Gasteiger partial charge is 0.379 e. The molecular formula is C16H24N2O2S. The second-order valence-electron chi connectivity index (χ2n) is 5.67. The molecule has 1 aromatic carbocycles. The zero-order chi connectivity index (χ0) is 15.3. The second kappa shape index (κ2) is 7.29. The number of hydrogen-bond acceptors (Lipinski definition) is 4. The molecule has 1 heterocycles. The second-order valence-corrected chi connectivity index (χ2v) is 6.77. The van der Waals surface area contributed by atoms with E-state index in [9.17, 15) is 9.90 Å². The third-order valence-electron chi connectivity index (χ3n) is 3.86. The molecular weight excluding hydrogens is 284 g/mol. The Kier molecular flexibility index (Phi) is 5.67. The molecule has 21 heavy (non-hydrogen) atoms. The first-order valence-electron chi connectivity index (χ1n) is 7.38. The number of aliphatic hydroxyl groups is 1. The lowest BCUT2D eigenvalue weighted by molar-refractivity contribution is -0.137. The lowest BCUT2D eigenvalue weighted by atomic mass is 10.0. The van der Waals surface area contributed by atoms with Crippen molar-refractivity contribution >= 4 is 17.7 Å². The van der Waals surface area contributed by atoms with Gasteiger partial charge in [0.1, 0.15) is 0 Å². The number of rotatable bonds is 6. The first kappa shape index (κ1) is 16.3. The van der Waals surface area contributed by atoms with Gasteiger partial charge < -0.3 is 15.3 Å². The molecule has 0 spiro atoms. The normalized spacial score (nSPS) is 21.7. The van der Waals surface area contributed by atoms with Crippen molar-refractivity contribution in [2.75, 3.05) is 25.1 Å². The fraction of sp³-hybridized carbons (Fsp3) is 0.562. The Morgan fingerprint density at radius 2 is 2.24 bits per heavy atom. The van der Waals surface area contributed by atoms with Crippen molar-refractivity contribution in [3.05, 3.63) is 35.4 Å². The molecule has 1 fully saturated rings. The summed E-state index contributed by atoms with van der Waals surface area (Å²) in [5.41, 5.74) is 1.13. The number of nitrogens with zero attached hydrogens (tertiary/aromatic N) is 1.